The molecule has 4 unspecified atom stereocenters. The second kappa shape index (κ2) is 4.61. The van der Waals surface area contributed by atoms with Gasteiger partial charge in [0, 0.05) is 0 Å². The van der Waals surface area contributed by atoms with Gasteiger partial charge in [-0.3, -0.25) is 0 Å². The van der Waals surface area contributed by atoms with E-state index in [-0.39, 0.29) is 23.2 Å². The molecule has 3 aliphatic rings. The first-order valence-electron chi connectivity index (χ1n) is 6.32. The molecule has 0 heterocycles. The molecule has 0 N–H and O–H groups in total. The minimum absolute atomic E-state index is 0.338. The number of allylic oxidation sites excluding steroid dienone is 8. The Hall–Kier alpha value is -0.157. The average Bonchev–Trinajstić information content (AvgIpc) is 2.89. The molecule has 0 aromatic heterocycles. The van der Waals surface area contributed by atoms with Crippen molar-refractivity contribution in [3.63, 3.8) is 0 Å². The van der Waals surface area contributed by atoms with Crippen LogP contribution >= 0.6 is 0 Å². The molecule has 3 rings (SSSR count). The van der Waals surface area contributed by atoms with Gasteiger partial charge in [-0.25, -0.2) is 0 Å². The monoisotopic (exact) mass is 288 g/mol. The third kappa shape index (κ3) is 1.99. The van der Waals surface area contributed by atoms with E-state index >= 15 is 0 Å². The first-order valence-corrected chi connectivity index (χ1v) is 8.96. The Morgan fingerprint density at radius 2 is 2.06 bits per heavy atom. The summed E-state index contributed by atoms with van der Waals surface area (Å²) < 4.78 is 2.85. The molecule has 0 nitrogen and oxygen atoms in total. The van der Waals surface area contributed by atoms with Gasteiger partial charge in [-0.05, 0) is 0 Å². The Morgan fingerprint density at radius 1 is 1.19 bits per heavy atom. The van der Waals surface area contributed by atoms with Crippen molar-refractivity contribution in [2.45, 2.75) is 23.4 Å². The predicted octanol–water partition coefficient (Wildman–Crippen LogP) is 4.10. The van der Waals surface area contributed by atoms with E-state index in [0.717, 1.165) is 21.4 Å². The Bertz CT molecular complexity index is 386. The molecule has 0 spiro atoms. The van der Waals surface area contributed by atoms with E-state index in [1.165, 1.54) is 12.8 Å². The topological polar surface area (TPSA) is 0 Å². The molecule has 16 heavy (non-hydrogen) atoms. The van der Waals surface area contributed by atoms with Crippen LogP contribution in [0.25, 0.3) is 0 Å². The molecule has 0 aromatic rings. The standard InChI is InChI=1S/C10H13.C5H5.Zr/c1-8-6-9-4-2-3-5-10(9)7-8;1-2-4-5-3-1;/h2-6,8-10H,7H2,1H3;1-3H,4H2;. The van der Waals surface area contributed by atoms with Crippen molar-refractivity contribution in [3.05, 3.63) is 45.8 Å². The average molecular weight is 290 g/mol. The molecule has 0 aliphatic heterocycles. The molecule has 0 saturated heterocycles. The summed E-state index contributed by atoms with van der Waals surface area (Å²) in [7, 11) is 0. The number of fused-ring (bicyclic) bond motifs is 1. The fourth-order valence-electron chi connectivity index (χ4n) is 3.25. The van der Waals surface area contributed by atoms with Gasteiger partial charge in [0.25, 0.3) is 0 Å². The second-order valence-electron chi connectivity index (χ2n) is 5.22. The van der Waals surface area contributed by atoms with Crippen LogP contribution in [0.4, 0.5) is 0 Å². The first kappa shape index (κ1) is 11.0. The summed E-state index contributed by atoms with van der Waals surface area (Å²) in [5.74, 6) is 2.70. The number of rotatable bonds is 2. The third-order valence-corrected chi connectivity index (χ3v) is 9.08. The molecule has 82 valence electrons. The van der Waals surface area contributed by atoms with Gasteiger partial charge in [0.2, 0.25) is 0 Å². The molecule has 1 saturated carbocycles. The first-order chi connectivity index (χ1) is 7.84. The van der Waals surface area contributed by atoms with E-state index in [2.05, 4.69) is 49.5 Å². The second-order valence-corrected chi connectivity index (χ2v) is 9.15. The van der Waals surface area contributed by atoms with Crippen molar-refractivity contribution in [1.29, 1.82) is 0 Å². The SMILES string of the molecule is CC1CC2C=CC=CC2[CH]1[Zr][C]1=CC=CC1. The van der Waals surface area contributed by atoms with Crippen molar-refractivity contribution in [2.75, 3.05) is 0 Å². The Balaban J connectivity index is 1.74. The van der Waals surface area contributed by atoms with Crippen LogP contribution in [0.15, 0.2) is 45.8 Å². The molecular formula is C15H18Zr. The predicted molar refractivity (Wildman–Crippen MR) is 64.6 cm³/mol. The van der Waals surface area contributed by atoms with E-state index in [9.17, 15) is 0 Å². The van der Waals surface area contributed by atoms with Crippen LogP contribution in [-0.4, -0.2) is 0 Å². The Labute approximate surface area is 110 Å². The van der Waals surface area contributed by atoms with Gasteiger partial charge >= 0.3 is 110 Å². The Morgan fingerprint density at radius 3 is 2.88 bits per heavy atom. The number of hydrogen-bond donors (Lipinski definition) is 0. The zero-order valence-electron chi connectivity index (χ0n) is 9.77. The van der Waals surface area contributed by atoms with Crippen molar-refractivity contribution in [3.8, 4) is 0 Å². The maximum absolute atomic E-state index is 2.49. The maximum atomic E-state index is 2.49. The van der Waals surface area contributed by atoms with E-state index in [4.69, 9.17) is 0 Å². The van der Waals surface area contributed by atoms with Crippen LogP contribution in [0.1, 0.15) is 19.8 Å². The van der Waals surface area contributed by atoms with E-state index in [0.29, 0.717) is 0 Å². The van der Waals surface area contributed by atoms with Crippen molar-refractivity contribution in [2.24, 2.45) is 17.8 Å². The van der Waals surface area contributed by atoms with Crippen molar-refractivity contribution < 1.29 is 23.2 Å². The Kier molecular flexibility index (Phi) is 3.16. The molecule has 4 atom stereocenters. The van der Waals surface area contributed by atoms with Crippen molar-refractivity contribution >= 4 is 0 Å². The number of hydrogen-bond acceptors (Lipinski definition) is 0. The summed E-state index contributed by atoms with van der Waals surface area (Å²) in [6.45, 7) is 2.48. The van der Waals surface area contributed by atoms with Crippen LogP contribution in [-0.2, 0) is 23.2 Å². The van der Waals surface area contributed by atoms with Gasteiger partial charge in [0.15, 0.2) is 0 Å². The molecule has 3 aliphatic carbocycles. The van der Waals surface area contributed by atoms with E-state index in [1.54, 1.807) is 0 Å². The molecular weight excluding hydrogens is 271 g/mol. The van der Waals surface area contributed by atoms with Crippen molar-refractivity contribution in [1.82, 2.24) is 0 Å². The summed E-state index contributed by atoms with van der Waals surface area (Å²) in [4.78, 5) is 0. The zero-order chi connectivity index (χ0) is 11.0. The van der Waals surface area contributed by atoms with Gasteiger partial charge in [0.05, 0.1) is 0 Å². The van der Waals surface area contributed by atoms with Crippen LogP contribution in [0.3, 0.4) is 0 Å². The van der Waals surface area contributed by atoms with E-state index < -0.39 is 0 Å². The van der Waals surface area contributed by atoms with Crippen LogP contribution < -0.4 is 0 Å². The molecule has 0 amide bonds. The van der Waals surface area contributed by atoms with Gasteiger partial charge in [0.1, 0.15) is 0 Å². The quantitative estimate of drug-likeness (QED) is 0.718. The fraction of sp³-hybridized carbons (Fsp3) is 0.467. The molecule has 0 radical (unpaired) electrons. The third-order valence-electron chi connectivity index (χ3n) is 4.09. The molecule has 1 heteroatoms. The van der Waals surface area contributed by atoms with E-state index in [1.807, 2.05) is 3.28 Å². The minimum atomic E-state index is -0.338. The van der Waals surface area contributed by atoms with Crippen LogP contribution in [0.2, 0.25) is 3.63 Å². The summed E-state index contributed by atoms with van der Waals surface area (Å²) >= 11 is -0.338. The van der Waals surface area contributed by atoms with Gasteiger partial charge < -0.3 is 0 Å². The summed E-state index contributed by atoms with van der Waals surface area (Å²) in [6.07, 6.45) is 19.1. The zero-order valence-corrected chi connectivity index (χ0v) is 12.2. The van der Waals surface area contributed by atoms with Gasteiger partial charge in [-0.2, -0.15) is 0 Å². The van der Waals surface area contributed by atoms with Crippen LogP contribution in [0.5, 0.6) is 0 Å². The normalized spacial score (nSPS) is 39.9. The molecule has 0 bridgehead atoms. The van der Waals surface area contributed by atoms with Crippen LogP contribution in [0, 0.1) is 17.8 Å². The van der Waals surface area contributed by atoms with Gasteiger partial charge in [-0.1, -0.05) is 0 Å². The fourth-order valence-corrected chi connectivity index (χ4v) is 7.75. The van der Waals surface area contributed by atoms with Gasteiger partial charge in [-0.15, -0.1) is 0 Å². The summed E-state index contributed by atoms with van der Waals surface area (Å²) in [5, 5.41) is 0. The summed E-state index contributed by atoms with van der Waals surface area (Å²) in [6, 6.07) is 0. The molecule has 1 fully saturated rings. The summed E-state index contributed by atoms with van der Waals surface area (Å²) in [5.41, 5.74) is 0. The molecule has 0 aromatic carbocycles.